The Morgan fingerprint density at radius 2 is 2.00 bits per heavy atom. The van der Waals surface area contributed by atoms with E-state index >= 15 is 0 Å². The van der Waals surface area contributed by atoms with Crippen LogP contribution in [-0.2, 0) is 9.53 Å². The molecule has 0 radical (unpaired) electrons. The van der Waals surface area contributed by atoms with Crippen molar-refractivity contribution >= 4 is 17.6 Å². The highest BCUT2D eigenvalue weighted by atomic mass is 35.5. The molecule has 1 unspecified atom stereocenters. The van der Waals surface area contributed by atoms with Crippen LogP contribution in [0.1, 0.15) is 44.1 Å². The molecule has 0 N–H and O–H groups in total. The largest absolute Gasteiger partial charge is 0.482 e. The number of halogens is 1. The topological polar surface area (TPSA) is 59.3 Å². The summed E-state index contributed by atoms with van der Waals surface area (Å²) in [5, 5.41) is 9.27. The molecule has 0 spiro atoms. The third-order valence-electron chi connectivity index (χ3n) is 3.23. The van der Waals surface area contributed by atoms with E-state index in [1.165, 1.54) is 0 Å². The van der Waals surface area contributed by atoms with E-state index < -0.39 is 0 Å². The molecule has 0 amide bonds. The van der Waals surface area contributed by atoms with Gasteiger partial charge in [-0.15, -0.1) is 11.6 Å². The molecule has 0 aliphatic rings. The Morgan fingerprint density at radius 1 is 1.27 bits per heavy atom. The van der Waals surface area contributed by atoms with Crippen LogP contribution in [0.5, 0.6) is 5.75 Å². The van der Waals surface area contributed by atoms with Crippen molar-refractivity contribution in [2.24, 2.45) is 0 Å². The van der Waals surface area contributed by atoms with Gasteiger partial charge in [-0.2, -0.15) is 5.26 Å². The van der Waals surface area contributed by atoms with Gasteiger partial charge in [0.15, 0.2) is 6.61 Å². The minimum Gasteiger partial charge on any atom is -0.482 e. The first-order valence-electron chi connectivity index (χ1n) is 7.55. The monoisotopic (exact) mass is 323 g/mol. The fraction of sp³-hybridized carbons (Fsp3) is 0.529. The van der Waals surface area contributed by atoms with Crippen LogP contribution in [0.3, 0.4) is 0 Å². The molecule has 0 aliphatic heterocycles. The van der Waals surface area contributed by atoms with E-state index in [-0.39, 0.29) is 18.5 Å². The second kappa shape index (κ2) is 10.9. The van der Waals surface area contributed by atoms with Crippen molar-refractivity contribution in [1.82, 2.24) is 0 Å². The Hall–Kier alpha value is -1.73. The average Bonchev–Trinajstić information content (AvgIpc) is 2.54. The normalized spacial score (nSPS) is 11.5. The molecule has 0 aliphatic carbocycles. The lowest BCUT2D eigenvalue weighted by Gasteiger charge is -2.11. The van der Waals surface area contributed by atoms with Gasteiger partial charge in [-0.1, -0.05) is 25.0 Å². The Kier molecular flexibility index (Phi) is 9.09. The van der Waals surface area contributed by atoms with Crippen LogP contribution in [0.4, 0.5) is 0 Å². The summed E-state index contributed by atoms with van der Waals surface area (Å²) in [6.45, 7) is 1.99. The zero-order valence-corrected chi connectivity index (χ0v) is 13.6. The van der Waals surface area contributed by atoms with Gasteiger partial charge >= 0.3 is 5.97 Å². The van der Waals surface area contributed by atoms with Crippen molar-refractivity contribution < 1.29 is 14.3 Å². The average molecular weight is 324 g/mol. The van der Waals surface area contributed by atoms with E-state index in [9.17, 15) is 10.1 Å². The molecule has 1 aromatic carbocycles. The summed E-state index contributed by atoms with van der Waals surface area (Å²) >= 11 is 5.65. The van der Waals surface area contributed by atoms with Gasteiger partial charge in [0, 0.05) is 5.88 Å². The van der Waals surface area contributed by atoms with Crippen molar-refractivity contribution in [2.75, 3.05) is 19.1 Å². The molecule has 5 heteroatoms. The fourth-order valence-corrected chi connectivity index (χ4v) is 2.26. The predicted molar refractivity (Wildman–Crippen MR) is 86.1 cm³/mol. The van der Waals surface area contributed by atoms with Gasteiger partial charge in [0.2, 0.25) is 0 Å². The number of hydrogen-bond donors (Lipinski definition) is 0. The van der Waals surface area contributed by atoms with E-state index in [1.54, 1.807) is 19.1 Å². The number of benzene rings is 1. The Morgan fingerprint density at radius 3 is 2.59 bits per heavy atom. The maximum atomic E-state index is 11.2. The standard InChI is InChI=1S/C17H22ClNO3/c1-2-21-17(20)13-22-16-9-7-14(8-10-16)15(12-19)6-4-3-5-11-18/h7-10,15H,2-6,11,13H2,1H3. The first-order chi connectivity index (χ1) is 10.7. The van der Waals surface area contributed by atoms with Crippen LogP contribution < -0.4 is 4.74 Å². The van der Waals surface area contributed by atoms with Gasteiger partial charge in [-0.25, -0.2) is 4.79 Å². The van der Waals surface area contributed by atoms with Crippen molar-refractivity contribution in [1.29, 1.82) is 5.26 Å². The molecule has 0 bridgehead atoms. The lowest BCUT2D eigenvalue weighted by atomic mass is 9.94. The first-order valence-corrected chi connectivity index (χ1v) is 8.08. The van der Waals surface area contributed by atoms with Gasteiger partial charge in [0.25, 0.3) is 0 Å². The second-order valence-electron chi connectivity index (χ2n) is 4.88. The summed E-state index contributed by atoms with van der Waals surface area (Å²) in [5.41, 5.74) is 0.969. The SMILES string of the molecule is CCOC(=O)COc1ccc(C(C#N)CCCCCCl)cc1. The number of ether oxygens (including phenoxy) is 2. The van der Waals surface area contributed by atoms with E-state index in [0.717, 1.165) is 31.2 Å². The highest BCUT2D eigenvalue weighted by Crippen LogP contribution is 2.24. The van der Waals surface area contributed by atoms with Crippen LogP contribution in [0.15, 0.2) is 24.3 Å². The van der Waals surface area contributed by atoms with Crippen LogP contribution in [0.25, 0.3) is 0 Å². The molecule has 0 aromatic heterocycles. The number of alkyl halides is 1. The van der Waals surface area contributed by atoms with E-state index in [1.807, 2.05) is 12.1 Å². The Labute approximate surface area is 137 Å². The maximum absolute atomic E-state index is 11.2. The molecule has 4 nitrogen and oxygen atoms in total. The quantitative estimate of drug-likeness (QED) is 0.370. The Bertz CT molecular complexity index is 482. The predicted octanol–water partition coefficient (Wildman–Crippen LogP) is 4.03. The molecular formula is C17H22ClNO3. The third-order valence-corrected chi connectivity index (χ3v) is 3.49. The van der Waals surface area contributed by atoms with Crippen LogP contribution >= 0.6 is 11.6 Å². The molecule has 22 heavy (non-hydrogen) atoms. The van der Waals surface area contributed by atoms with Crippen LogP contribution in [0, 0.1) is 11.3 Å². The van der Waals surface area contributed by atoms with E-state index in [0.29, 0.717) is 18.2 Å². The number of esters is 1. The third kappa shape index (κ3) is 6.82. The summed E-state index contributed by atoms with van der Waals surface area (Å²) in [4.78, 5) is 11.2. The summed E-state index contributed by atoms with van der Waals surface area (Å²) in [7, 11) is 0. The summed E-state index contributed by atoms with van der Waals surface area (Å²) < 4.78 is 10.1. The molecule has 0 saturated carbocycles. The van der Waals surface area contributed by atoms with Gasteiger partial charge in [-0.05, 0) is 37.5 Å². The second-order valence-corrected chi connectivity index (χ2v) is 5.26. The number of nitriles is 1. The van der Waals surface area contributed by atoms with Gasteiger partial charge in [0.05, 0.1) is 18.6 Å². The number of nitrogens with zero attached hydrogens (tertiary/aromatic N) is 1. The maximum Gasteiger partial charge on any atom is 0.344 e. The van der Waals surface area contributed by atoms with Gasteiger partial charge in [-0.3, -0.25) is 0 Å². The number of carbonyl (C=O) groups excluding carboxylic acids is 1. The highest BCUT2D eigenvalue weighted by Gasteiger charge is 2.10. The summed E-state index contributed by atoms with van der Waals surface area (Å²) in [6.07, 6.45) is 3.85. The summed E-state index contributed by atoms with van der Waals surface area (Å²) in [6, 6.07) is 9.63. The Balaban J connectivity index is 2.48. The molecule has 120 valence electrons. The van der Waals surface area contributed by atoms with Gasteiger partial charge in [0.1, 0.15) is 5.75 Å². The molecule has 1 atom stereocenters. The van der Waals surface area contributed by atoms with Crippen LogP contribution in [0.2, 0.25) is 0 Å². The number of carbonyl (C=O) groups is 1. The summed E-state index contributed by atoms with van der Waals surface area (Å²) in [5.74, 6) is 0.759. The smallest absolute Gasteiger partial charge is 0.344 e. The minimum absolute atomic E-state index is 0.104. The lowest BCUT2D eigenvalue weighted by Crippen LogP contribution is -2.14. The van der Waals surface area contributed by atoms with Gasteiger partial charge < -0.3 is 9.47 Å². The number of unbranched alkanes of at least 4 members (excludes halogenated alkanes) is 2. The van der Waals surface area contributed by atoms with Crippen molar-refractivity contribution in [2.45, 2.75) is 38.5 Å². The molecule has 1 rings (SSSR count). The lowest BCUT2D eigenvalue weighted by molar-refractivity contribution is -0.145. The zero-order valence-electron chi connectivity index (χ0n) is 12.9. The minimum atomic E-state index is -0.388. The van der Waals surface area contributed by atoms with E-state index in [2.05, 4.69) is 6.07 Å². The number of rotatable bonds is 10. The molecule has 0 fully saturated rings. The number of hydrogen-bond acceptors (Lipinski definition) is 4. The molecule has 1 aromatic rings. The van der Waals surface area contributed by atoms with Crippen LogP contribution in [-0.4, -0.2) is 25.1 Å². The van der Waals surface area contributed by atoms with Crippen molar-refractivity contribution in [3.8, 4) is 11.8 Å². The fourth-order valence-electron chi connectivity index (χ4n) is 2.07. The molecular weight excluding hydrogens is 302 g/mol. The highest BCUT2D eigenvalue weighted by molar-refractivity contribution is 6.17. The molecule has 0 saturated heterocycles. The molecule has 0 heterocycles. The van der Waals surface area contributed by atoms with E-state index in [4.69, 9.17) is 21.1 Å². The first kappa shape index (κ1) is 18.3. The van der Waals surface area contributed by atoms with Crippen molar-refractivity contribution in [3.63, 3.8) is 0 Å². The van der Waals surface area contributed by atoms with Crippen molar-refractivity contribution in [3.05, 3.63) is 29.8 Å². The zero-order chi connectivity index (χ0) is 16.2.